The molecule has 0 N–H and O–H groups in total. The Morgan fingerprint density at radius 1 is 1.00 bits per heavy atom. The van der Waals surface area contributed by atoms with E-state index in [0.29, 0.717) is 5.92 Å². The fourth-order valence-corrected chi connectivity index (χ4v) is 5.54. The normalized spacial score (nSPS) is 45.1. The average molecular weight is 240 g/mol. The summed E-state index contributed by atoms with van der Waals surface area (Å²) < 4.78 is 0. The summed E-state index contributed by atoms with van der Waals surface area (Å²) in [5, 5.41) is 0. The molecule has 4 saturated carbocycles. The lowest BCUT2D eigenvalue weighted by Gasteiger charge is -2.59. The molecule has 0 aliphatic heterocycles. The average Bonchev–Trinajstić information content (AvgIpc) is 2.39. The van der Waals surface area contributed by atoms with Gasteiger partial charge in [0.25, 0.3) is 0 Å². The number of carbonyl (C=O) groups is 1. The molecule has 0 amide bonds. The van der Waals surface area contributed by atoms with E-state index in [-0.39, 0.29) is 5.41 Å². The van der Waals surface area contributed by atoms with Gasteiger partial charge in [-0.25, -0.2) is 0 Å². The van der Waals surface area contributed by atoms with Crippen molar-refractivity contribution in [2.24, 2.45) is 23.2 Å². The van der Waals surface area contributed by atoms with Crippen molar-refractivity contribution < 1.29 is 4.79 Å². The smallest absolute Gasteiger partial charge is 0.126 e. The summed E-state index contributed by atoms with van der Waals surface area (Å²) in [6, 6.07) is 10.8. The molecule has 0 saturated heterocycles. The molecule has 1 heteroatoms. The number of hydrogen-bond acceptors (Lipinski definition) is 1. The van der Waals surface area contributed by atoms with Crippen LogP contribution in [0.4, 0.5) is 0 Å². The van der Waals surface area contributed by atoms with E-state index in [1.54, 1.807) is 0 Å². The molecule has 0 spiro atoms. The van der Waals surface area contributed by atoms with Gasteiger partial charge in [-0.15, -0.1) is 0 Å². The van der Waals surface area contributed by atoms with E-state index < -0.39 is 0 Å². The van der Waals surface area contributed by atoms with Gasteiger partial charge in [0.2, 0.25) is 0 Å². The predicted octanol–water partition coefficient (Wildman–Crippen LogP) is 3.80. The molecule has 0 radical (unpaired) electrons. The predicted molar refractivity (Wildman–Crippen MR) is 71.2 cm³/mol. The maximum Gasteiger partial charge on any atom is 0.126 e. The molecular formula is C17H20O. The molecular weight excluding hydrogens is 220 g/mol. The molecule has 3 atom stereocenters. The van der Waals surface area contributed by atoms with Gasteiger partial charge < -0.3 is 4.79 Å². The molecule has 94 valence electrons. The SMILES string of the molecule is O=CC12CC3CC(CC(C3)C1c1ccccc1)C2. The largest absolute Gasteiger partial charge is 0.303 e. The van der Waals surface area contributed by atoms with Crippen LogP contribution >= 0.6 is 0 Å². The Kier molecular flexibility index (Phi) is 2.21. The molecule has 1 aromatic rings. The number of benzene rings is 1. The highest BCUT2D eigenvalue weighted by Crippen LogP contribution is 2.65. The molecule has 1 aromatic carbocycles. The van der Waals surface area contributed by atoms with E-state index in [1.165, 1.54) is 31.1 Å². The van der Waals surface area contributed by atoms with Crippen molar-refractivity contribution in [1.82, 2.24) is 0 Å². The second-order valence-corrected chi connectivity index (χ2v) is 6.85. The molecule has 4 fully saturated rings. The molecule has 5 rings (SSSR count). The third kappa shape index (κ3) is 1.36. The van der Waals surface area contributed by atoms with Crippen molar-refractivity contribution in [3.8, 4) is 0 Å². The third-order valence-corrected chi connectivity index (χ3v) is 5.76. The van der Waals surface area contributed by atoms with Gasteiger partial charge >= 0.3 is 0 Å². The fourth-order valence-electron chi connectivity index (χ4n) is 5.54. The molecule has 4 aliphatic carbocycles. The van der Waals surface area contributed by atoms with Gasteiger partial charge in [-0.1, -0.05) is 30.3 Å². The fraction of sp³-hybridized carbons (Fsp3) is 0.588. The van der Waals surface area contributed by atoms with Crippen LogP contribution < -0.4 is 0 Å². The van der Waals surface area contributed by atoms with Crippen LogP contribution in [0.1, 0.15) is 43.6 Å². The lowest BCUT2D eigenvalue weighted by Crippen LogP contribution is -2.52. The summed E-state index contributed by atoms with van der Waals surface area (Å²) in [4.78, 5) is 11.8. The van der Waals surface area contributed by atoms with Gasteiger partial charge in [0.05, 0.1) is 0 Å². The summed E-state index contributed by atoms with van der Waals surface area (Å²) in [5.74, 6) is 2.95. The standard InChI is InChI=1S/C17H20O/c18-11-17-9-12-6-13(10-17)8-15(7-12)16(17)14-4-2-1-3-5-14/h1-5,11-13,15-16H,6-10H2. The Morgan fingerprint density at radius 3 is 2.28 bits per heavy atom. The minimum Gasteiger partial charge on any atom is -0.303 e. The quantitative estimate of drug-likeness (QED) is 0.719. The Balaban J connectivity index is 1.80. The van der Waals surface area contributed by atoms with Gasteiger partial charge in [-0.3, -0.25) is 0 Å². The minimum absolute atomic E-state index is 0.0178. The monoisotopic (exact) mass is 240 g/mol. The Labute approximate surface area is 109 Å². The molecule has 1 nitrogen and oxygen atoms in total. The second-order valence-electron chi connectivity index (χ2n) is 6.85. The summed E-state index contributed by atoms with van der Waals surface area (Å²) >= 11 is 0. The lowest BCUT2D eigenvalue weighted by atomic mass is 9.44. The van der Waals surface area contributed by atoms with Crippen molar-refractivity contribution in [3.63, 3.8) is 0 Å². The van der Waals surface area contributed by atoms with Crippen LogP contribution in [-0.4, -0.2) is 6.29 Å². The second kappa shape index (κ2) is 3.69. The topological polar surface area (TPSA) is 17.1 Å². The van der Waals surface area contributed by atoms with Gasteiger partial charge in [0, 0.05) is 5.41 Å². The molecule has 3 unspecified atom stereocenters. The van der Waals surface area contributed by atoms with Gasteiger partial charge in [-0.05, 0) is 61.3 Å². The van der Waals surface area contributed by atoms with Crippen molar-refractivity contribution in [2.45, 2.75) is 38.0 Å². The van der Waals surface area contributed by atoms with Crippen molar-refractivity contribution >= 4 is 6.29 Å². The number of aldehydes is 1. The summed E-state index contributed by atoms with van der Waals surface area (Å²) in [5.41, 5.74) is 1.39. The molecule has 4 aliphatic rings. The maximum absolute atomic E-state index is 11.8. The van der Waals surface area contributed by atoms with Gasteiger partial charge in [0.1, 0.15) is 6.29 Å². The van der Waals surface area contributed by atoms with Crippen LogP contribution in [-0.2, 0) is 4.79 Å². The number of carbonyl (C=O) groups excluding carboxylic acids is 1. The van der Waals surface area contributed by atoms with E-state index in [2.05, 4.69) is 30.3 Å². The van der Waals surface area contributed by atoms with Gasteiger partial charge in [0.15, 0.2) is 0 Å². The first kappa shape index (κ1) is 10.8. The van der Waals surface area contributed by atoms with Crippen molar-refractivity contribution in [3.05, 3.63) is 35.9 Å². The Bertz CT molecular complexity index is 450. The minimum atomic E-state index is -0.0178. The number of rotatable bonds is 2. The molecule has 0 aromatic heterocycles. The highest BCUT2D eigenvalue weighted by atomic mass is 16.1. The van der Waals surface area contributed by atoms with Crippen LogP contribution in [0.5, 0.6) is 0 Å². The van der Waals surface area contributed by atoms with E-state index in [4.69, 9.17) is 0 Å². The molecule has 4 bridgehead atoms. The van der Waals surface area contributed by atoms with Crippen LogP contribution in [0.2, 0.25) is 0 Å². The van der Waals surface area contributed by atoms with E-state index in [1.807, 2.05) is 0 Å². The first-order valence-corrected chi connectivity index (χ1v) is 7.32. The van der Waals surface area contributed by atoms with E-state index in [9.17, 15) is 4.79 Å². The first-order chi connectivity index (χ1) is 8.81. The number of hydrogen-bond donors (Lipinski definition) is 0. The first-order valence-electron chi connectivity index (χ1n) is 7.32. The zero-order valence-corrected chi connectivity index (χ0v) is 10.7. The lowest BCUT2D eigenvalue weighted by molar-refractivity contribution is -0.135. The zero-order valence-electron chi connectivity index (χ0n) is 10.7. The van der Waals surface area contributed by atoms with Crippen molar-refractivity contribution in [1.29, 1.82) is 0 Å². The summed E-state index contributed by atoms with van der Waals surface area (Å²) in [6.07, 6.45) is 7.77. The summed E-state index contributed by atoms with van der Waals surface area (Å²) in [7, 11) is 0. The highest BCUT2D eigenvalue weighted by molar-refractivity contribution is 5.63. The van der Waals surface area contributed by atoms with Gasteiger partial charge in [-0.2, -0.15) is 0 Å². The Morgan fingerprint density at radius 2 is 1.67 bits per heavy atom. The zero-order chi connectivity index (χ0) is 12.2. The van der Waals surface area contributed by atoms with Crippen LogP contribution in [0, 0.1) is 23.2 Å². The van der Waals surface area contributed by atoms with Crippen LogP contribution in [0.25, 0.3) is 0 Å². The van der Waals surface area contributed by atoms with Crippen LogP contribution in [0.15, 0.2) is 30.3 Å². The Hall–Kier alpha value is -1.11. The third-order valence-electron chi connectivity index (χ3n) is 5.76. The van der Waals surface area contributed by atoms with E-state index >= 15 is 0 Å². The maximum atomic E-state index is 11.8. The van der Waals surface area contributed by atoms with Crippen LogP contribution in [0.3, 0.4) is 0 Å². The van der Waals surface area contributed by atoms with Crippen molar-refractivity contribution in [2.75, 3.05) is 0 Å². The van der Waals surface area contributed by atoms with E-state index in [0.717, 1.165) is 30.6 Å². The molecule has 0 heterocycles. The summed E-state index contributed by atoms with van der Waals surface area (Å²) in [6.45, 7) is 0. The highest BCUT2D eigenvalue weighted by Gasteiger charge is 2.57. The molecule has 18 heavy (non-hydrogen) atoms.